The molecule has 0 fully saturated rings. The molecule has 2 heterocycles. The number of rotatable bonds is 1. The quantitative estimate of drug-likeness (QED) is 0.596. The number of amides is 1. The van der Waals surface area contributed by atoms with E-state index in [4.69, 9.17) is 5.21 Å². The van der Waals surface area contributed by atoms with E-state index in [1.54, 1.807) is 11.5 Å². The third kappa shape index (κ3) is 2.02. The van der Waals surface area contributed by atoms with E-state index < -0.39 is 5.91 Å². The van der Waals surface area contributed by atoms with Gasteiger partial charge in [0.25, 0.3) is 5.91 Å². The number of fused-ring (bicyclic) bond motifs is 1. The highest BCUT2D eigenvalue weighted by Gasteiger charge is 2.26. The van der Waals surface area contributed by atoms with Gasteiger partial charge in [0.2, 0.25) is 0 Å². The largest absolute Gasteiger partial charge is 0.351 e. The molecule has 0 saturated carbocycles. The summed E-state index contributed by atoms with van der Waals surface area (Å²) in [7, 11) is 0. The van der Waals surface area contributed by atoms with Crippen LogP contribution in [0.2, 0.25) is 0 Å². The second-order valence-corrected chi connectivity index (χ2v) is 4.94. The number of amidine groups is 1. The average Bonchev–Trinajstić information content (AvgIpc) is 3.02. The molecule has 98 valence electrons. The van der Waals surface area contributed by atoms with E-state index >= 15 is 0 Å². The van der Waals surface area contributed by atoms with Gasteiger partial charge in [-0.05, 0) is 29.7 Å². The summed E-state index contributed by atoms with van der Waals surface area (Å²) in [5, 5.41) is 8.79. The minimum Gasteiger partial charge on any atom is -0.351 e. The molecular formula is C14H15N3O2. The molecule has 2 aliphatic rings. The fraction of sp³-hybridized carbons (Fsp3) is 0.286. The number of nitrogens with one attached hydrogen (secondary N) is 1. The molecule has 0 radical (unpaired) electrons. The van der Waals surface area contributed by atoms with Crippen LogP contribution in [-0.2, 0) is 13.1 Å². The van der Waals surface area contributed by atoms with Crippen LogP contribution in [0.3, 0.4) is 0 Å². The summed E-state index contributed by atoms with van der Waals surface area (Å²) >= 11 is 0. The number of hydrogen-bond donors (Lipinski definition) is 2. The normalized spacial score (nSPS) is 17.1. The molecule has 0 unspecified atom stereocenters. The van der Waals surface area contributed by atoms with Gasteiger partial charge in [-0.15, -0.1) is 0 Å². The fourth-order valence-electron chi connectivity index (χ4n) is 2.60. The lowest BCUT2D eigenvalue weighted by molar-refractivity contribution is 0.0705. The van der Waals surface area contributed by atoms with Crippen LogP contribution in [0.5, 0.6) is 0 Å². The van der Waals surface area contributed by atoms with Crippen molar-refractivity contribution < 1.29 is 10.0 Å². The molecule has 2 N–H and O–H groups in total. The van der Waals surface area contributed by atoms with Crippen molar-refractivity contribution in [3.8, 4) is 0 Å². The van der Waals surface area contributed by atoms with E-state index in [-0.39, 0.29) is 0 Å². The Bertz CT molecular complexity index is 605. The van der Waals surface area contributed by atoms with E-state index in [0.717, 1.165) is 29.9 Å². The SMILES string of the molecule is CC1=CN=C(N2Cc3cccc(C(=O)NO)c3C2)C1. The Labute approximate surface area is 111 Å². The van der Waals surface area contributed by atoms with Crippen molar-refractivity contribution in [1.82, 2.24) is 10.4 Å². The number of benzene rings is 1. The third-order valence-corrected chi connectivity index (χ3v) is 3.57. The first-order valence-electron chi connectivity index (χ1n) is 6.21. The Morgan fingerprint density at radius 2 is 2.26 bits per heavy atom. The zero-order chi connectivity index (χ0) is 13.4. The summed E-state index contributed by atoms with van der Waals surface area (Å²) in [6.07, 6.45) is 2.76. The van der Waals surface area contributed by atoms with Crippen LogP contribution in [0.25, 0.3) is 0 Å². The molecule has 2 aliphatic heterocycles. The predicted molar refractivity (Wildman–Crippen MR) is 70.8 cm³/mol. The van der Waals surface area contributed by atoms with Gasteiger partial charge in [-0.2, -0.15) is 0 Å². The molecule has 0 aromatic heterocycles. The Balaban J connectivity index is 1.87. The maximum absolute atomic E-state index is 11.6. The summed E-state index contributed by atoms with van der Waals surface area (Å²) in [4.78, 5) is 18.2. The Morgan fingerprint density at radius 3 is 2.95 bits per heavy atom. The van der Waals surface area contributed by atoms with Crippen molar-refractivity contribution in [1.29, 1.82) is 0 Å². The third-order valence-electron chi connectivity index (χ3n) is 3.57. The van der Waals surface area contributed by atoms with Gasteiger partial charge < -0.3 is 4.90 Å². The van der Waals surface area contributed by atoms with Gasteiger partial charge in [-0.3, -0.25) is 10.0 Å². The molecule has 1 aromatic rings. The zero-order valence-corrected chi connectivity index (χ0v) is 10.7. The second-order valence-electron chi connectivity index (χ2n) is 4.94. The second kappa shape index (κ2) is 4.51. The standard InChI is InChI=1S/C14H15N3O2/c1-9-5-13(15-6-9)17-7-10-3-2-4-11(12(10)8-17)14(18)16-19/h2-4,6,19H,5,7-8H2,1H3,(H,16,18). The lowest BCUT2D eigenvalue weighted by Crippen LogP contribution is -2.25. The Hall–Kier alpha value is -2.14. The molecule has 0 saturated heterocycles. The number of hydroxylamine groups is 1. The van der Waals surface area contributed by atoms with E-state index in [1.807, 2.05) is 18.3 Å². The maximum atomic E-state index is 11.6. The number of carbonyl (C=O) groups is 1. The molecule has 1 aromatic carbocycles. The van der Waals surface area contributed by atoms with Crippen LogP contribution in [-0.4, -0.2) is 21.8 Å². The van der Waals surface area contributed by atoms with Gasteiger partial charge in [0.1, 0.15) is 5.84 Å². The number of carbonyl (C=O) groups excluding carboxylic acids is 1. The van der Waals surface area contributed by atoms with E-state index in [2.05, 4.69) is 16.8 Å². The molecule has 5 nitrogen and oxygen atoms in total. The number of aliphatic imine (C=N–C) groups is 1. The van der Waals surface area contributed by atoms with Gasteiger partial charge in [0, 0.05) is 31.3 Å². The van der Waals surface area contributed by atoms with Gasteiger partial charge in [-0.1, -0.05) is 12.1 Å². The molecular weight excluding hydrogens is 242 g/mol. The molecule has 3 rings (SSSR count). The summed E-state index contributed by atoms with van der Waals surface area (Å²) in [6, 6.07) is 5.58. The first-order valence-corrected chi connectivity index (χ1v) is 6.21. The molecule has 5 heteroatoms. The smallest absolute Gasteiger partial charge is 0.274 e. The van der Waals surface area contributed by atoms with Crippen LogP contribution in [0.15, 0.2) is 35.0 Å². The Kier molecular flexibility index (Phi) is 2.83. The summed E-state index contributed by atoms with van der Waals surface area (Å²) in [6.45, 7) is 3.49. The molecule has 19 heavy (non-hydrogen) atoms. The topological polar surface area (TPSA) is 64.9 Å². The van der Waals surface area contributed by atoms with E-state index in [1.165, 1.54) is 5.57 Å². The minimum atomic E-state index is -0.457. The molecule has 0 atom stereocenters. The van der Waals surface area contributed by atoms with Crippen molar-refractivity contribution >= 4 is 11.7 Å². The van der Waals surface area contributed by atoms with Crippen LogP contribution >= 0.6 is 0 Å². The summed E-state index contributed by atoms with van der Waals surface area (Å²) in [5.74, 6) is 0.588. The van der Waals surface area contributed by atoms with Crippen LogP contribution in [0.1, 0.15) is 34.8 Å². The molecule has 0 spiro atoms. The van der Waals surface area contributed by atoms with Gasteiger partial charge >= 0.3 is 0 Å². The molecule has 0 bridgehead atoms. The first kappa shape index (κ1) is 11.9. The zero-order valence-electron chi connectivity index (χ0n) is 10.7. The first-order chi connectivity index (χ1) is 9.19. The number of nitrogens with zero attached hydrogens (tertiary/aromatic N) is 2. The van der Waals surface area contributed by atoms with Crippen LogP contribution in [0, 0.1) is 0 Å². The highest BCUT2D eigenvalue weighted by Crippen LogP contribution is 2.28. The monoisotopic (exact) mass is 257 g/mol. The lowest BCUT2D eigenvalue weighted by atomic mass is 10.0. The highest BCUT2D eigenvalue weighted by atomic mass is 16.5. The Morgan fingerprint density at radius 1 is 1.42 bits per heavy atom. The summed E-state index contributed by atoms with van der Waals surface area (Å²) < 4.78 is 0. The van der Waals surface area contributed by atoms with E-state index in [0.29, 0.717) is 12.1 Å². The van der Waals surface area contributed by atoms with Crippen molar-refractivity contribution in [3.63, 3.8) is 0 Å². The van der Waals surface area contributed by atoms with Gasteiger partial charge in [0.15, 0.2) is 0 Å². The minimum absolute atomic E-state index is 0.457. The fourth-order valence-corrected chi connectivity index (χ4v) is 2.60. The highest BCUT2D eigenvalue weighted by molar-refractivity contribution is 5.96. The van der Waals surface area contributed by atoms with Crippen molar-refractivity contribution in [2.24, 2.45) is 4.99 Å². The van der Waals surface area contributed by atoms with Crippen molar-refractivity contribution in [3.05, 3.63) is 46.7 Å². The van der Waals surface area contributed by atoms with Crippen molar-refractivity contribution in [2.45, 2.75) is 26.4 Å². The van der Waals surface area contributed by atoms with E-state index in [9.17, 15) is 4.79 Å². The lowest BCUT2D eigenvalue weighted by Gasteiger charge is -2.17. The molecule has 1 amide bonds. The molecule has 0 aliphatic carbocycles. The van der Waals surface area contributed by atoms with Crippen molar-refractivity contribution in [2.75, 3.05) is 0 Å². The van der Waals surface area contributed by atoms with Gasteiger partial charge in [-0.25, -0.2) is 10.5 Å². The average molecular weight is 257 g/mol. The summed E-state index contributed by atoms with van der Waals surface area (Å²) in [5.41, 5.74) is 5.58. The van der Waals surface area contributed by atoms with Gasteiger partial charge in [0.05, 0.1) is 0 Å². The maximum Gasteiger partial charge on any atom is 0.274 e. The number of hydrogen-bond acceptors (Lipinski definition) is 4. The van der Waals surface area contributed by atoms with Crippen LogP contribution in [0.4, 0.5) is 0 Å². The van der Waals surface area contributed by atoms with Crippen LogP contribution < -0.4 is 5.48 Å². The predicted octanol–water partition coefficient (Wildman–Crippen LogP) is 1.83.